The fourth-order valence-electron chi connectivity index (χ4n) is 12.6. The third kappa shape index (κ3) is 69.7. The second kappa shape index (κ2) is 74.1. The van der Waals surface area contributed by atoms with Crippen molar-refractivity contribution in [1.29, 1.82) is 0 Å². The van der Waals surface area contributed by atoms with Gasteiger partial charge in [0, 0.05) is 12.8 Å². The van der Waals surface area contributed by atoms with Gasteiger partial charge in [0.2, 0.25) is 5.91 Å². The fraction of sp³-hybridized carbons (Fsp3) is 0.949. The van der Waals surface area contributed by atoms with Crippen molar-refractivity contribution >= 4 is 11.9 Å². The quantitative estimate of drug-likeness (QED) is 0.0320. The number of unbranched alkanes of at least 4 members (excludes halogenated alkanes) is 61. The Bertz CT molecular complexity index is 1270. The number of ether oxygens (including phenoxy) is 1. The van der Waals surface area contributed by atoms with Crippen molar-refractivity contribution in [3.8, 4) is 0 Å². The van der Waals surface area contributed by atoms with Crippen LogP contribution in [0.3, 0.4) is 0 Å². The molecular formula is C78H153NO5. The highest BCUT2D eigenvalue weighted by atomic mass is 16.5. The second-order valence-corrected chi connectivity index (χ2v) is 27.0. The molecule has 6 nitrogen and oxygen atoms in total. The minimum absolute atomic E-state index is 0.0179. The highest BCUT2D eigenvalue weighted by molar-refractivity contribution is 5.76. The maximum absolute atomic E-state index is 12.6. The lowest BCUT2D eigenvalue weighted by Crippen LogP contribution is -2.45. The number of allylic oxidation sites excluding steroid dienone is 2. The third-order valence-electron chi connectivity index (χ3n) is 18.6. The molecule has 0 radical (unpaired) electrons. The summed E-state index contributed by atoms with van der Waals surface area (Å²) in [5.74, 6) is -0.0174. The van der Waals surface area contributed by atoms with Crippen LogP contribution in [0.25, 0.3) is 0 Å². The lowest BCUT2D eigenvalue weighted by Gasteiger charge is -2.22. The lowest BCUT2D eigenvalue weighted by molar-refractivity contribution is -0.143. The first-order chi connectivity index (χ1) is 41.5. The predicted molar refractivity (Wildman–Crippen MR) is 370 cm³/mol. The van der Waals surface area contributed by atoms with Crippen LogP contribution in [0.1, 0.15) is 450 Å². The van der Waals surface area contributed by atoms with Crippen LogP contribution in [0.2, 0.25) is 0 Å². The molecule has 2 atom stereocenters. The van der Waals surface area contributed by atoms with E-state index >= 15 is 0 Å². The summed E-state index contributed by atoms with van der Waals surface area (Å²) in [6, 6.07) is -0.547. The normalized spacial score (nSPS) is 12.5. The molecule has 0 heterocycles. The van der Waals surface area contributed by atoms with Crippen molar-refractivity contribution in [1.82, 2.24) is 5.32 Å². The molecule has 2 unspecified atom stereocenters. The number of rotatable bonds is 74. The van der Waals surface area contributed by atoms with Crippen molar-refractivity contribution in [2.24, 2.45) is 0 Å². The number of nitrogens with one attached hydrogen (secondary N) is 1. The number of amides is 1. The molecule has 0 rings (SSSR count). The number of esters is 1. The van der Waals surface area contributed by atoms with Crippen LogP contribution in [-0.4, -0.2) is 47.4 Å². The third-order valence-corrected chi connectivity index (χ3v) is 18.6. The van der Waals surface area contributed by atoms with E-state index in [9.17, 15) is 19.8 Å². The number of hydrogen-bond acceptors (Lipinski definition) is 5. The average Bonchev–Trinajstić information content (AvgIpc) is 3.51. The highest BCUT2D eigenvalue weighted by Gasteiger charge is 2.20. The van der Waals surface area contributed by atoms with Crippen molar-refractivity contribution in [3.63, 3.8) is 0 Å². The first-order valence-electron chi connectivity index (χ1n) is 38.9. The second-order valence-electron chi connectivity index (χ2n) is 27.0. The van der Waals surface area contributed by atoms with Crippen LogP contribution in [0, 0.1) is 0 Å². The average molecular weight is 1190 g/mol. The molecule has 6 heteroatoms. The molecular weight excluding hydrogens is 1030 g/mol. The van der Waals surface area contributed by atoms with Crippen LogP contribution in [0.5, 0.6) is 0 Å². The molecule has 0 aromatic carbocycles. The number of carbonyl (C=O) groups excluding carboxylic acids is 2. The Labute approximate surface area is 527 Å². The maximum atomic E-state index is 12.6. The molecule has 3 N–H and O–H groups in total. The van der Waals surface area contributed by atoms with Crippen molar-refractivity contribution in [2.75, 3.05) is 13.2 Å². The SMILES string of the molecule is CCCCCCCCCCCCCCCCCCCCCCCCCCCC(O)C(CO)NC(=O)CCCCCCCCC/C=C\CCCCCCCCCCCCCCOC(=O)CCCCCCCCCCCCCCCCCCCCC. The summed E-state index contributed by atoms with van der Waals surface area (Å²) in [4.78, 5) is 24.7. The standard InChI is InChI=1S/C78H153NO5/c1-3-5-7-9-11-13-15-17-19-21-23-24-25-26-28-31-35-38-42-46-50-54-58-62-66-70-76(81)75(74-80)79-77(82)71-67-63-59-55-51-47-43-39-36-32-29-27-30-33-37-41-45-49-53-57-61-65-69-73-84-78(83)72-68-64-60-56-52-48-44-40-34-22-20-18-16-14-12-10-8-6-4-2/h32,36,75-76,80-81H,3-31,33-35,37-74H2,1-2H3,(H,79,82)/b36-32-. The van der Waals surface area contributed by atoms with E-state index < -0.39 is 12.1 Å². The largest absolute Gasteiger partial charge is 0.466 e. The molecule has 0 spiro atoms. The van der Waals surface area contributed by atoms with Gasteiger partial charge in [-0.3, -0.25) is 9.59 Å². The van der Waals surface area contributed by atoms with Gasteiger partial charge in [-0.05, 0) is 51.4 Å². The molecule has 1 amide bonds. The van der Waals surface area contributed by atoms with Crippen LogP contribution in [-0.2, 0) is 14.3 Å². The summed E-state index contributed by atoms with van der Waals surface area (Å²) in [6.07, 6.45) is 92.9. The van der Waals surface area contributed by atoms with Gasteiger partial charge in [-0.15, -0.1) is 0 Å². The fourth-order valence-corrected chi connectivity index (χ4v) is 12.6. The zero-order valence-electron chi connectivity index (χ0n) is 57.4. The first-order valence-corrected chi connectivity index (χ1v) is 38.9. The number of hydrogen-bond donors (Lipinski definition) is 3. The molecule has 0 fully saturated rings. The maximum Gasteiger partial charge on any atom is 0.305 e. The Balaban J connectivity index is 3.38. The molecule has 0 saturated heterocycles. The van der Waals surface area contributed by atoms with Crippen molar-refractivity contribution in [2.45, 2.75) is 463 Å². The van der Waals surface area contributed by atoms with E-state index in [0.717, 1.165) is 38.5 Å². The Kier molecular flexibility index (Phi) is 72.8. The van der Waals surface area contributed by atoms with Crippen molar-refractivity contribution < 1.29 is 24.5 Å². The topological polar surface area (TPSA) is 95.9 Å². The summed E-state index contributed by atoms with van der Waals surface area (Å²) < 4.78 is 5.52. The van der Waals surface area contributed by atoms with E-state index in [1.807, 2.05) is 0 Å². The van der Waals surface area contributed by atoms with E-state index in [4.69, 9.17) is 4.74 Å². The molecule has 84 heavy (non-hydrogen) atoms. The van der Waals surface area contributed by atoms with Gasteiger partial charge in [0.25, 0.3) is 0 Å². The van der Waals surface area contributed by atoms with Gasteiger partial charge >= 0.3 is 5.97 Å². The van der Waals surface area contributed by atoms with E-state index in [1.54, 1.807) is 0 Å². The minimum Gasteiger partial charge on any atom is -0.466 e. The summed E-state index contributed by atoms with van der Waals surface area (Å²) in [6.45, 7) is 5.01. The molecule has 0 aliphatic rings. The van der Waals surface area contributed by atoms with E-state index in [0.29, 0.717) is 25.9 Å². The van der Waals surface area contributed by atoms with Gasteiger partial charge in [0.05, 0.1) is 25.4 Å². The molecule has 0 bridgehead atoms. The summed E-state index contributed by atoms with van der Waals surface area (Å²) in [5.41, 5.74) is 0. The van der Waals surface area contributed by atoms with Gasteiger partial charge in [-0.2, -0.15) is 0 Å². The van der Waals surface area contributed by atoms with E-state index in [1.165, 1.54) is 379 Å². The van der Waals surface area contributed by atoms with Crippen LogP contribution in [0.4, 0.5) is 0 Å². The molecule has 500 valence electrons. The first kappa shape index (κ1) is 82.6. The summed E-state index contributed by atoms with van der Waals surface area (Å²) in [5, 5.41) is 23.5. The molecule has 0 saturated carbocycles. The molecule has 0 aliphatic heterocycles. The van der Waals surface area contributed by atoms with Crippen LogP contribution < -0.4 is 5.32 Å². The monoisotopic (exact) mass is 1180 g/mol. The smallest absolute Gasteiger partial charge is 0.305 e. The Morgan fingerprint density at radius 2 is 0.560 bits per heavy atom. The predicted octanol–water partition coefficient (Wildman–Crippen LogP) is 25.5. The summed E-state index contributed by atoms with van der Waals surface area (Å²) >= 11 is 0. The van der Waals surface area contributed by atoms with Gasteiger partial charge in [-0.25, -0.2) is 0 Å². The highest BCUT2D eigenvalue weighted by Crippen LogP contribution is 2.20. The van der Waals surface area contributed by atoms with Gasteiger partial charge in [-0.1, -0.05) is 398 Å². The zero-order valence-corrected chi connectivity index (χ0v) is 57.4. The number of carbonyl (C=O) groups is 2. The van der Waals surface area contributed by atoms with Gasteiger partial charge in [0.1, 0.15) is 0 Å². The van der Waals surface area contributed by atoms with Crippen molar-refractivity contribution in [3.05, 3.63) is 12.2 Å². The van der Waals surface area contributed by atoms with Gasteiger partial charge in [0.15, 0.2) is 0 Å². The van der Waals surface area contributed by atoms with Crippen LogP contribution in [0.15, 0.2) is 12.2 Å². The molecule has 0 aromatic heterocycles. The Hall–Kier alpha value is -1.40. The van der Waals surface area contributed by atoms with Crippen LogP contribution >= 0.6 is 0 Å². The van der Waals surface area contributed by atoms with E-state index in [-0.39, 0.29) is 18.5 Å². The molecule has 0 aliphatic carbocycles. The van der Waals surface area contributed by atoms with E-state index in [2.05, 4.69) is 31.3 Å². The zero-order chi connectivity index (χ0) is 60.6. The Morgan fingerprint density at radius 3 is 0.845 bits per heavy atom. The van der Waals surface area contributed by atoms with Gasteiger partial charge < -0.3 is 20.3 Å². The minimum atomic E-state index is -0.670. The number of aliphatic hydroxyl groups excluding tert-OH is 2. The lowest BCUT2D eigenvalue weighted by atomic mass is 10.0. The summed E-state index contributed by atoms with van der Waals surface area (Å²) in [7, 11) is 0. The number of aliphatic hydroxyl groups is 2. The molecule has 0 aromatic rings. The Morgan fingerprint density at radius 1 is 0.321 bits per heavy atom.